The van der Waals surface area contributed by atoms with Gasteiger partial charge in [0.1, 0.15) is 11.3 Å². The normalized spacial score (nSPS) is 10.9. The molecule has 0 aliphatic heterocycles. The molecular weight excluding hydrogens is 338 g/mol. The zero-order valence-corrected chi connectivity index (χ0v) is 14.2. The van der Waals surface area contributed by atoms with E-state index in [1.807, 2.05) is 31.2 Å². The van der Waals surface area contributed by atoms with Gasteiger partial charge in [0.15, 0.2) is 0 Å². The van der Waals surface area contributed by atoms with Crippen LogP contribution in [0.2, 0.25) is 0 Å². The number of aryl methyl sites for hydroxylation is 1. The number of carbonyl (C=O) groups excluding carboxylic acids is 1. The minimum absolute atomic E-state index is 0.0913. The first-order valence-corrected chi connectivity index (χ1v) is 8.37. The maximum Gasteiger partial charge on any atom is 0.339 e. The highest BCUT2D eigenvalue weighted by Crippen LogP contribution is 2.36. The summed E-state index contributed by atoms with van der Waals surface area (Å²) in [7, 11) is 0. The van der Waals surface area contributed by atoms with Gasteiger partial charge in [-0.2, -0.15) is 0 Å². The highest BCUT2D eigenvalue weighted by molar-refractivity contribution is 7.14. The number of rotatable bonds is 5. The molecule has 0 aliphatic rings. The summed E-state index contributed by atoms with van der Waals surface area (Å²) in [6.07, 6.45) is 4.32. The SMILES string of the molecule is Cc1ccc(-c2scc(NC(=O)C=Cc3ccco3)c2C(=O)O)cc1. The van der Waals surface area contributed by atoms with Gasteiger partial charge in [-0.05, 0) is 30.7 Å². The number of benzene rings is 1. The summed E-state index contributed by atoms with van der Waals surface area (Å²) in [4.78, 5) is 24.3. The Labute approximate surface area is 148 Å². The van der Waals surface area contributed by atoms with Crippen molar-refractivity contribution in [3.63, 3.8) is 0 Å². The molecule has 2 N–H and O–H groups in total. The van der Waals surface area contributed by atoms with E-state index in [0.29, 0.717) is 10.6 Å². The summed E-state index contributed by atoms with van der Waals surface area (Å²) in [5, 5.41) is 13.8. The number of hydrogen-bond acceptors (Lipinski definition) is 4. The highest BCUT2D eigenvalue weighted by atomic mass is 32.1. The Morgan fingerprint density at radius 2 is 1.96 bits per heavy atom. The number of carboxylic acid groups (broad SMARTS) is 1. The van der Waals surface area contributed by atoms with Crippen molar-refractivity contribution in [1.29, 1.82) is 0 Å². The standard InChI is InChI=1S/C19H15NO4S/c1-12-4-6-13(7-5-12)18-17(19(22)23)15(11-25-18)20-16(21)9-8-14-3-2-10-24-14/h2-11H,1H3,(H,20,21)(H,22,23). The Hall–Kier alpha value is -3.12. The second-order valence-corrected chi connectivity index (χ2v) is 6.24. The molecular formula is C19H15NO4S. The Bertz CT molecular complexity index is 921. The first-order chi connectivity index (χ1) is 12.0. The number of carbonyl (C=O) groups is 2. The van der Waals surface area contributed by atoms with Crippen LogP contribution in [0, 0.1) is 6.92 Å². The predicted octanol–water partition coefficient (Wildman–Crippen LogP) is 4.67. The molecule has 0 unspecified atom stereocenters. The fourth-order valence-electron chi connectivity index (χ4n) is 2.30. The Balaban J connectivity index is 1.85. The predicted molar refractivity (Wildman–Crippen MR) is 97.8 cm³/mol. The molecule has 0 spiro atoms. The summed E-state index contributed by atoms with van der Waals surface area (Å²) in [6, 6.07) is 11.0. The van der Waals surface area contributed by atoms with E-state index in [4.69, 9.17) is 4.42 Å². The largest absolute Gasteiger partial charge is 0.478 e. The van der Waals surface area contributed by atoms with Crippen LogP contribution in [0.4, 0.5) is 5.69 Å². The van der Waals surface area contributed by atoms with E-state index in [-0.39, 0.29) is 11.3 Å². The number of anilines is 1. The highest BCUT2D eigenvalue weighted by Gasteiger charge is 2.20. The molecule has 6 heteroatoms. The molecule has 0 radical (unpaired) electrons. The lowest BCUT2D eigenvalue weighted by molar-refractivity contribution is -0.111. The van der Waals surface area contributed by atoms with Gasteiger partial charge in [0, 0.05) is 11.5 Å². The van der Waals surface area contributed by atoms with Crippen molar-refractivity contribution in [2.45, 2.75) is 6.92 Å². The molecule has 1 amide bonds. The average Bonchev–Trinajstić information content (AvgIpc) is 3.23. The third kappa shape index (κ3) is 3.87. The zero-order chi connectivity index (χ0) is 17.8. The van der Waals surface area contributed by atoms with E-state index >= 15 is 0 Å². The quantitative estimate of drug-likeness (QED) is 0.654. The first-order valence-electron chi connectivity index (χ1n) is 7.49. The summed E-state index contributed by atoms with van der Waals surface area (Å²) >= 11 is 1.28. The fourth-order valence-corrected chi connectivity index (χ4v) is 3.30. The number of furan rings is 1. The number of amides is 1. The lowest BCUT2D eigenvalue weighted by Crippen LogP contribution is -2.10. The third-order valence-electron chi connectivity index (χ3n) is 3.52. The van der Waals surface area contributed by atoms with Gasteiger partial charge in [-0.15, -0.1) is 11.3 Å². The monoisotopic (exact) mass is 353 g/mol. The van der Waals surface area contributed by atoms with Gasteiger partial charge in [-0.1, -0.05) is 29.8 Å². The molecule has 25 heavy (non-hydrogen) atoms. The lowest BCUT2D eigenvalue weighted by Gasteiger charge is -2.04. The number of carboxylic acids is 1. The van der Waals surface area contributed by atoms with Crippen LogP contribution in [0.25, 0.3) is 16.5 Å². The van der Waals surface area contributed by atoms with Gasteiger partial charge in [0.05, 0.1) is 16.8 Å². The average molecular weight is 353 g/mol. The minimum atomic E-state index is -1.08. The Morgan fingerprint density at radius 3 is 2.60 bits per heavy atom. The van der Waals surface area contributed by atoms with Gasteiger partial charge in [-0.3, -0.25) is 4.79 Å². The zero-order valence-electron chi connectivity index (χ0n) is 13.4. The maximum absolute atomic E-state index is 12.0. The van der Waals surface area contributed by atoms with E-state index < -0.39 is 11.9 Å². The summed E-state index contributed by atoms with van der Waals surface area (Å²) in [5.41, 5.74) is 2.27. The molecule has 0 atom stereocenters. The van der Waals surface area contributed by atoms with Crippen molar-refractivity contribution >= 4 is 35.0 Å². The summed E-state index contributed by atoms with van der Waals surface area (Å²) in [5.74, 6) is -0.964. The molecule has 3 aromatic rings. The van der Waals surface area contributed by atoms with Crippen LogP contribution >= 0.6 is 11.3 Å². The van der Waals surface area contributed by atoms with Crippen LogP contribution in [0.1, 0.15) is 21.7 Å². The van der Waals surface area contributed by atoms with Crippen LogP contribution in [-0.4, -0.2) is 17.0 Å². The van der Waals surface area contributed by atoms with Crippen LogP contribution in [-0.2, 0) is 4.79 Å². The van der Waals surface area contributed by atoms with Crippen molar-refractivity contribution in [1.82, 2.24) is 0 Å². The molecule has 0 bridgehead atoms. The van der Waals surface area contributed by atoms with Crippen LogP contribution in [0.3, 0.4) is 0 Å². The minimum Gasteiger partial charge on any atom is -0.478 e. The maximum atomic E-state index is 12.0. The van der Waals surface area contributed by atoms with Gasteiger partial charge in [0.2, 0.25) is 5.91 Å². The second kappa shape index (κ2) is 7.19. The number of hydrogen-bond donors (Lipinski definition) is 2. The van der Waals surface area contributed by atoms with Crippen molar-refractivity contribution in [2.24, 2.45) is 0 Å². The van der Waals surface area contributed by atoms with E-state index in [9.17, 15) is 14.7 Å². The molecule has 0 saturated carbocycles. The Kier molecular flexibility index (Phi) is 4.81. The molecule has 1 aromatic carbocycles. The van der Waals surface area contributed by atoms with Crippen LogP contribution in [0.5, 0.6) is 0 Å². The molecule has 2 aromatic heterocycles. The molecule has 5 nitrogen and oxygen atoms in total. The Morgan fingerprint density at radius 1 is 1.20 bits per heavy atom. The van der Waals surface area contributed by atoms with Crippen molar-refractivity contribution in [3.05, 3.63) is 71.0 Å². The van der Waals surface area contributed by atoms with Crippen LogP contribution < -0.4 is 5.32 Å². The van der Waals surface area contributed by atoms with Crippen molar-refractivity contribution in [2.75, 3.05) is 5.32 Å². The van der Waals surface area contributed by atoms with Gasteiger partial charge < -0.3 is 14.8 Å². The molecule has 0 aliphatic carbocycles. The molecule has 126 valence electrons. The number of thiophene rings is 1. The van der Waals surface area contributed by atoms with Crippen LogP contribution in [0.15, 0.2) is 58.5 Å². The lowest BCUT2D eigenvalue weighted by atomic mass is 10.1. The molecule has 2 heterocycles. The fraction of sp³-hybridized carbons (Fsp3) is 0.0526. The van der Waals surface area contributed by atoms with Gasteiger partial charge in [0.25, 0.3) is 0 Å². The number of aromatic carboxylic acids is 1. The molecule has 3 rings (SSSR count). The number of nitrogens with one attached hydrogen (secondary N) is 1. The van der Waals surface area contributed by atoms with E-state index in [0.717, 1.165) is 11.1 Å². The van der Waals surface area contributed by atoms with E-state index in [1.54, 1.807) is 17.5 Å². The van der Waals surface area contributed by atoms with Crippen molar-refractivity contribution < 1.29 is 19.1 Å². The first kappa shape index (κ1) is 16.7. The molecule has 0 saturated heterocycles. The topological polar surface area (TPSA) is 79.5 Å². The van der Waals surface area contributed by atoms with E-state index in [2.05, 4.69) is 5.32 Å². The van der Waals surface area contributed by atoms with Gasteiger partial charge in [-0.25, -0.2) is 4.79 Å². The molecule has 0 fully saturated rings. The third-order valence-corrected chi connectivity index (χ3v) is 4.55. The second-order valence-electron chi connectivity index (χ2n) is 5.36. The summed E-state index contributed by atoms with van der Waals surface area (Å²) in [6.45, 7) is 1.97. The van der Waals surface area contributed by atoms with E-state index in [1.165, 1.54) is 29.8 Å². The van der Waals surface area contributed by atoms with Gasteiger partial charge >= 0.3 is 5.97 Å². The smallest absolute Gasteiger partial charge is 0.339 e. The summed E-state index contributed by atoms with van der Waals surface area (Å²) < 4.78 is 5.11. The van der Waals surface area contributed by atoms with Crippen molar-refractivity contribution in [3.8, 4) is 10.4 Å².